The van der Waals surface area contributed by atoms with Crippen LogP contribution in [-0.2, 0) is 4.74 Å². The molecule has 2 heterocycles. The van der Waals surface area contributed by atoms with Gasteiger partial charge in [-0.25, -0.2) is 0 Å². The standard InChI is InChI=1S/C23H27NO4/c1-17-14-22(28-16-20-9-12-27-13-10-20)15-23(26)24(17)18(2)21-7-5-19(6-8-21)4-3-11-25/h5-8,14-15,18,20,25H,9-13,16H2,1-2H3/t18-/m1/s1. The molecule has 1 aliphatic heterocycles. The normalized spacial score (nSPS) is 15.5. The molecule has 0 bridgehead atoms. The molecule has 5 heteroatoms. The van der Waals surface area contributed by atoms with Crippen LogP contribution < -0.4 is 10.3 Å². The van der Waals surface area contributed by atoms with E-state index in [9.17, 15) is 4.79 Å². The molecular formula is C23H27NO4. The minimum absolute atomic E-state index is 0.0707. The molecule has 0 amide bonds. The van der Waals surface area contributed by atoms with Crippen molar-refractivity contribution in [2.75, 3.05) is 26.4 Å². The van der Waals surface area contributed by atoms with Crippen molar-refractivity contribution in [3.05, 3.63) is 63.6 Å². The Morgan fingerprint density at radius 2 is 1.96 bits per heavy atom. The summed E-state index contributed by atoms with van der Waals surface area (Å²) in [7, 11) is 0. The van der Waals surface area contributed by atoms with Crippen LogP contribution in [0.2, 0.25) is 0 Å². The van der Waals surface area contributed by atoms with Crippen LogP contribution in [0, 0.1) is 24.7 Å². The third-order valence-corrected chi connectivity index (χ3v) is 5.15. The highest BCUT2D eigenvalue weighted by molar-refractivity contribution is 5.37. The van der Waals surface area contributed by atoms with Gasteiger partial charge in [0.1, 0.15) is 12.4 Å². The van der Waals surface area contributed by atoms with Gasteiger partial charge in [0.25, 0.3) is 5.56 Å². The molecule has 28 heavy (non-hydrogen) atoms. The summed E-state index contributed by atoms with van der Waals surface area (Å²) in [5, 5.41) is 8.79. The molecule has 1 aliphatic rings. The molecule has 0 radical (unpaired) electrons. The zero-order valence-corrected chi connectivity index (χ0v) is 16.5. The number of ether oxygens (including phenoxy) is 2. The fraction of sp³-hybridized carbons (Fsp3) is 0.435. The van der Waals surface area contributed by atoms with Gasteiger partial charge < -0.3 is 19.1 Å². The van der Waals surface area contributed by atoms with Crippen LogP contribution in [0.3, 0.4) is 0 Å². The lowest BCUT2D eigenvalue weighted by Gasteiger charge is -2.23. The van der Waals surface area contributed by atoms with Crippen molar-refractivity contribution in [3.8, 4) is 17.6 Å². The van der Waals surface area contributed by atoms with Crippen LogP contribution >= 0.6 is 0 Å². The Balaban J connectivity index is 1.73. The lowest BCUT2D eigenvalue weighted by atomic mass is 10.0. The molecule has 0 unspecified atom stereocenters. The number of hydrogen-bond donors (Lipinski definition) is 1. The number of pyridine rings is 1. The smallest absolute Gasteiger partial charge is 0.254 e. The second-order valence-electron chi connectivity index (χ2n) is 7.17. The number of nitrogens with zero attached hydrogens (tertiary/aromatic N) is 1. The van der Waals surface area contributed by atoms with E-state index in [1.165, 1.54) is 0 Å². The molecule has 1 fully saturated rings. The number of aliphatic hydroxyl groups excluding tert-OH is 1. The third kappa shape index (κ3) is 5.03. The SMILES string of the molecule is Cc1cc(OCC2CCOCC2)cc(=O)n1[C@H](C)c1ccc(C#CCO)cc1. The fourth-order valence-corrected chi connectivity index (χ4v) is 3.52. The van der Waals surface area contributed by atoms with Crippen molar-refractivity contribution in [1.82, 2.24) is 4.57 Å². The van der Waals surface area contributed by atoms with E-state index in [-0.39, 0.29) is 18.2 Å². The summed E-state index contributed by atoms with van der Waals surface area (Å²) in [4.78, 5) is 12.7. The highest BCUT2D eigenvalue weighted by Crippen LogP contribution is 2.22. The van der Waals surface area contributed by atoms with Gasteiger partial charge in [0.05, 0.1) is 12.6 Å². The molecule has 0 saturated carbocycles. The van der Waals surface area contributed by atoms with Crippen LogP contribution in [0.5, 0.6) is 5.75 Å². The first-order valence-corrected chi connectivity index (χ1v) is 9.72. The zero-order valence-electron chi connectivity index (χ0n) is 16.5. The molecule has 5 nitrogen and oxygen atoms in total. The van der Waals surface area contributed by atoms with Crippen LogP contribution in [-0.4, -0.2) is 36.1 Å². The minimum Gasteiger partial charge on any atom is -0.493 e. The van der Waals surface area contributed by atoms with Crippen molar-refractivity contribution >= 4 is 0 Å². The van der Waals surface area contributed by atoms with Crippen LogP contribution in [0.25, 0.3) is 0 Å². The topological polar surface area (TPSA) is 60.7 Å². The van der Waals surface area contributed by atoms with Gasteiger partial charge in [-0.1, -0.05) is 24.0 Å². The molecule has 2 aromatic rings. The van der Waals surface area contributed by atoms with Crippen molar-refractivity contribution in [3.63, 3.8) is 0 Å². The van der Waals surface area contributed by atoms with Gasteiger partial charge in [0.15, 0.2) is 0 Å². The van der Waals surface area contributed by atoms with E-state index in [1.807, 2.05) is 44.2 Å². The van der Waals surface area contributed by atoms with Gasteiger partial charge in [0, 0.05) is 30.5 Å². The Hall–Kier alpha value is -2.55. The van der Waals surface area contributed by atoms with Gasteiger partial charge in [-0.15, -0.1) is 0 Å². The van der Waals surface area contributed by atoms with E-state index in [2.05, 4.69) is 11.8 Å². The molecule has 1 aromatic carbocycles. The molecule has 1 saturated heterocycles. The minimum atomic E-state index is -0.157. The maximum Gasteiger partial charge on any atom is 0.254 e. The Kier molecular flexibility index (Phi) is 6.91. The van der Waals surface area contributed by atoms with Gasteiger partial charge >= 0.3 is 0 Å². The first-order valence-electron chi connectivity index (χ1n) is 9.72. The molecule has 148 valence electrons. The fourth-order valence-electron chi connectivity index (χ4n) is 3.52. The zero-order chi connectivity index (χ0) is 19.9. The van der Waals surface area contributed by atoms with Crippen molar-refractivity contribution < 1.29 is 14.6 Å². The Bertz CT molecular complexity index is 899. The summed E-state index contributed by atoms with van der Waals surface area (Å²) in [5.41, 5.74) is 2.66. The Morgan fingerprint density at radius 3 is 2.61 bits per heavy atom. The summed E-state index contributed by atoms with van der Waals surface area (Å²) in [5.74, 6) is 6.63. The predicted octanol–water partition coefficient (Wildman–Crippen LogP) is 2.92. The monoisotopic (exact) mass is 381 g/mol. The van der Waals surface area contributed by atoms with Gasteiger partial charge in [-0.2, -0.15) is 0 Å². The average Bonchev–Trinajstić information content (AvgIpc) is 2.71. The lowest BCUT2D eigenvalue weighted by molar-refractivity contribution is 0.0497. The first-order chi connectivity index (χ1) is 13.6. The second-order valence-corrected chi connectivity index (χ2v) is 7.17. The van der Waals surface area contributed by atoms with Gasteiger partial charge in [0.2, 0.25) is 0 Å². The van der Waals surface area contributed by atoms with Crippen LogP contribution in [0.15, 0.2) is 41.2 Å². The van der Waals surface area contributed by atoms with E-state index >= 15 is 0 Å². The van der Waals surface area contributed by atoms with Gasteiger partial charge in [-0.05, 0) is 56.4 Å². The molecule has 1 atom stereocenters. The second kappa shape index (κ2) is 9.59. The van der Waals surface area contributed by atoms with E-state index in [0.717, 1.165) is 42.9 Å². The predicted molar refractivity (Wildman–Crippen MR) is 109 cm³/mol. The lowest BCUT2D eigenvalue weighted by Crippen LogP contribution is -2.26. The Labute approximate surface area is 165 Å². The van der Waals surface area contributed by atoms with E-state index < -0.39 is 0 Å². The third-order valence-electron chi connectivity index (χ3n) is 5.15. The molecular weight excluding hydrogens is 354 g/mol. The maximum atomic E-state index is 12.7. The summed E-state index contributed by atoms with van der Waals surface area (Å²) in [6, 6.07) is 11.1. The van der Waals surface area contributed by atoms with Crippen molar-refractivity contribution in [2.45, 2.75) is 32.7 Å². The number of hydrogen-bond acceptors (Lipinski definition) is 4. The maximum absolute atomic E-state index is 12.7. The number of aromatic nitrogens is 1. The summed E-state index contributed by atoms with van der Waals surface area (Å²) < 4.78 is 13.0. The number of aliphatic hydroxyl groups is 1. The number of aryl methyl sites for hydroxylation is 1. The molecule has 1 aromatic heterocycles. The summed E-state index contributed by atoms with van der Waals surface area (Å²) in [6.45, 7) is 5.98. The first kappa shape index (κ1) is 20.2. The Morgan fingerprint density at radius 1 is 1.25 bits per heavy atom. The summed E-state index contributed by atoms with van der Waals surface area (Å²) >= 11 is 0. The number of benzene rings is 1. The van der Waals surface area contributed by atoms with Crippen LogP contribution in [0.1, 0.15) is 42.6 Å². The molecule has 1 N–H and O–H groups in total. The van der Waals surface area contributed by atoms with E-state index in [0.29, 0.717) is 18.3 Å². The number of rotatable bonds is 5. The molecule has 0 aliphatic carbocycles. The highest BCUT2D eigenvalue weighted by Gasteiger charge is 2.16. The highest BCUT2D eigenvalue weighted by atomic mass is 16.5. The largest absolute Gasteiger partial charge is 0.493 e. The summed E-state index contributed by atoms with van der Waals surface area (Å²) in [6.07, 6.45) is 2.01. The van der Waals surface area contributed by atoms with Gasteiger partial charge in [-0.3, -0.25) is 4.79 Å². The average molecular weight is 381 g/mol. The molecule has 3 rings (SSSR count). The van der Waals surface area contributed by atoms with Crippen molar-refractivity contribution in [2.24, 2.45) is 5.92 Å². The van der Waals surface area contributed by atoms with E-state index in [1.54, 1.807) is 10.6 Å². The van der Waals surface area contributed by atoms with Crippen molar-refractivity contribution in [1.29, 1.82) is 0 Å². The van der Waals surface area contributed by atoms with E-state index in [4.69, 9.17) is 14.6 Å². The quantitative estimate of drug-likeness (QED) is 0.809. The molecule has 0 spiro atoms. The van der Waals surface area contributed by atoms with Crippen LogP contribution in [0.4, 0.5) is 0 Å².